The van der Waals surface area contributed by atoms with Crippen LogP contribution in [0.15, 0.2) is 168 Å². The quantitative estimate of drug-likeness (QED) is 0.178. The Bertz CT molecular complexity index is 3770. The van der Waals surface area contributed by atoms with E-state index in [1.165, 1.54) is 68.2 Å². The second kappa shape index (κ2) is 12.5. The molecule has 0 atom stereocenters. The maximum atomic E-state index is 6.60. The fourth-order valence-corrected chi connectivity index (χ4v) is 12.0. The molecule has 0 amide bonds. The molecule has 0 radical (unpaired) electrons. The summed E-state index contributed by atoms with van der Waals surface area (Å²) in [5.74, 6) is 1.91. The predicted octanol–water partition coefficient (Wildman–Crippen LogP) is 15.5. The van der Waals surface area contributed by atoms with E-state index in [2.05, 4.69) is 166 Å². The minimum absolute atomic E-state index is 0.0878. The highest BCUT2D eigenvalue weighted by atomic mass is 32.1. The van der Waals surface area contributed by atoms with Crippen LogP contribution in [0.1, 0.15) is 25.0 Å². The summed E-state index contributed by atoms with van der Waals surface area (Å²) in [5.41, 5.74) is 12.1. The van der Waals surface area contributed by atoms with Crippen LogP contribution in [-0.4, -0.2) is 15.0 Å². The molecule has 0 aliphatic heterocycles. The summed E-state index contributed by atoms with van der Waals surface area (Å²) in [4.78, 5) is 16.1. The molecule has 1 aliphatic rings. The number of benzene rings is 8. The largest absolute Gasteiger partial charge is 0.456 e. The lowest BCUT2D eigenvalue weighted by Crippen LogP contribution is -2.14. The smallest absolute Gasteiger partial charge is 0.165 e. The summed E-state index contributed by atoms with van der Waals surface area (Å²) in [7, 11) is 0. The highest BCUT2D eigenvalue weighted by Crippen LogP contribution is 2.50. The third-order valence-corrected chi connectivity index (χ3v) is 14.9. The van der Waals surface area contributed by atoms with E-state index in [4.69, 9.17) is 19.4 Å². The van der Waals surface area contributed by atoms with E-state index in [1.807, 2.05) is 12.1 Å². The third-order valence-electron chi connectivity index (χ3n) is 12.6. The van der Waals surface area contributed by atoms with Gasteiger partial charge in [0, 0.05) is 73.2 Å². The molecule has 6 heteroatoms. The van der Waals surface area contributed by atoms with Crippen molar-refractivity contribution >= 4 is 85.0 Å². The first kappa shape index (κ1) is 33.9. The Morgan fingerprint density at radius 1 is 0.400 bits per heavy atom. The molecule has 0 fully saturated rings. The van der Waals surface area contributed by atoms with E-state index in [9.17, 15) is 0 Å². The molecule has 1 aliphatic carbocycles. The number of aromatic nitrogens is 3. The molecule has 0 saturated heterocycles. The minimum Gasteiger partial charge on any atom is -0.456 e. The van der Waals surface area contributed by atoms with Crippen molar-refractivity contribution in [2.45, 2.75) is 19.3 Å². The van der Waals surface area contributed by atoms with Gasteiger partial charge in [-0.15, -0.1) is 22.7 Å². The highest BCUT2D eigenvalue weighted by Gasteiger charge is 2.35. The Morgan fingerprint density at radius 2 is 0.983 bits per heavy atom. The average Bonchev–Trinajstić information content (AvgIpc) is 4.04. The van der Waals surface area contributed by atoms with Crippen molar-refractivity contribution < 1.29 is 4.42 Å². The monoisotopic (exact) mass is 803 g/mol. The lowest BCUT2D eigenvalue weighted by molar-refractivity contribution is 0.660. The maximum absolute atomic E-state index is 6.60. The molecular weight excluding hydrogens is 771 g/mol. The first-order chi connectivity index (χ1) is 29.5. The van der Waals surface area contributed by atoms with Crippen LogP contribution in [0, 0.1) is 0 Å². The van der Waals surface area contributed by atoms with Gasteiger partial charge in [-0.2, -0.15) is 0 Å². The van der Waals surface area contributed by atoms with E-state index in [0.29, 0.717) is 17.5 Å². The Labute approximate surface area is 353 Å². The number of hydrogen-bond acceptors (Lipinski definition) is 6. The standard InChI is InChI=1S/C54H33N3OS2/c1-54(2)41-19-6-3-12-32(41)33-26-24-31(29-42(33)54)30-25-27-43-40(28-30)48-37(16-10-20-44(48)58-43)51-55-52(38-17-11-23-47-49(38)36-14-5-8-22-46(36)59-47)57-53(56-51)39-18-9-15-35-34-13-4-7-21-45(34)60-50(35)39/h3-29H,1-2H3. The summed E-state index contributed by atoms with van der Waals surface area (Å²) < 4.78 is 11.5. The van der Waals surface area contributed by atoms with Crippen LogP contribution >= 0.6 is 22.7 Å². The SMILES string of the molecule is CC1(C)c2ccccc2-c2ccc(-c3ccc4oc5cccc(-c6nc(-c7cccc8c7sc7ccccc78)nc(-c7cccc8sc9ccccc9c78)n6)c5c4c3)cc21. The Kier molecular flexibility index (Phi) is 7.07. The molecule has 282 valence electrons. The van der Waals surface area contributed by atoms with Crippen LogP contribution in [0.4, 0.5) is 0 Å². The fraction of sp³-hybridized carbons (Fsp3) is 0.0556. The third kappa shape index (κ3) is 4.86. The number of nitrogens with zero attached hydrogens (tertiary/aromatic N) is 3. The molecule has 8 aromatic carbocycles. The van der Waals surface area contributed by atoms with Gasteiger partial charge in [-0.1, -0.05) is 129 Å². The van der Waals surface area contributed by atoms with Crippen LogP contribution in [-0.2, 0) is 5.41 Å². The van der Waals surface area contributed by atoms with Gasteiger partial charge in [0.05, 0.1) is 0 Å². The van der Waals surface area contributed by atoms with Crippen LogP contribution in [0.5, 0.6) is 0 Å². The molecular formula is C54H33N3OS2. The van der Waals surface area contributed by atoms with Crippen LogP contribution in [0.25, 0.3) is 119 Å². The molecule has 0 saturated carbocycles. The topological polar surface area (TPSA) is 51.8 Å². The van der Waals surface area contributed by atoms with Gasteiger partial charge in [-0.25, -0.2) is 15.0 Å². The molecule has 0 spiro atoms. The maximum Gasteiger partial charge on any atom is 0.165 e. The summed E-state index contributed by atoms with van der Waals surface area (Å²) in [6.45, 7) is 4.67. The van der Waals surface area contributed by atoms with E-state index in [1.54, 1.807) is 22.7 Å². The number of fused-ring (bicyclic) bond motifs is 12. The molecule has 13 rings (SSSR count). The average molecular weight is 804 g/mol. The second-order valence-electron chi connectivity index (χ2n) is 16.3. The van der Waals surface area contributed by atoms with Crippen molar-refractivity contribution in [1.29, 1.82) is 0 Å². The zero-order chi connectivity index (χ0) is 39.7. The van der Waals surface area contributed by atoms with Crippen molar-refractivity contribution in [3.05, 3.63) is 175 Å². The van der Waals surface area contributed by atoms with Crippen LogP contribution in [0.3, 0.4) is 0 Å². The normalized spacial score (nSPS) is 13.3. The Hall–Kier alpha value is -6.99. The predicted molar refractivity (Wildman–Crippen MR) is 252 cm³/mol. The number of rotatable bonds is 4. The van der Waals surface area contributed by atoms with Gasteiger partial charge >= 0.3 is 0 Å². The summed E-state index contributed by atoms with van der Waals surface area (Å²) in [6.07, 6.45) is 0. The molecule has 0 unspecified atom stereocenters. The fourth-order valence-electron chi connectivity index (χ4n) is 9.70. The first-order valence-electron chi connectivity index (χ1n) is 20.3. The molecule has 60 heavy (non-hydrogen) atoms. The number of furan rings is 1. The summed E-state index contributed by atoms with van der Waals surface area (Å²) >= 11 is 3.59. The van der Waals surface area contributed by atoms with Gasteiger partial charge in [0.15, 0.2) is 17.5 Å². The zero-order valence-corrected chi connectivity index (χ0v) is 34.3. The van der Waals surface area contributed by atoms with Gasteiger partial charge < -0.3 is 4.42 Å². The molecule has 0 N–H and O–H groups in total. The zero-order valence-electron chi connectivity index (χ0n) is 32.7. The lowest BCUT2D eigenvalue weighted by Gasteiger charge is -2.22. The van der Waals surface area contributed by atoms with Crippen molar-refractivity contribution in [3.8, 4) is 56.4 Å². The van der Waals surface area contributed by atoms with Gasteiger partial charge in [-0.3, -0.25) is 0 Å². The molecule has 4 nitrogen and oxygen atoms in total. The Balaban J connectivity index is 1.04. The van der Waals surface area contributed by atoms with Gasteiger partial charge in [0.2, 0.25) is 0 Å². The van der Waals surface area contributed by atoms with Gasteiger partial charge in [0.25, 0.3) is 0 Å². The van der Waals surface area contributed by atoms with Crippen LogP contribution < -0.4 is 0 Å². The van der Waals surface area contributed by atoms with Gasteiger partial charge in [-0.05, 0) is 81.9 Å². The molecule has 0 bridgehead atoms. The van der Waals surface area contributed by atoms with Crippen molar-refractivity contribution in [3.63, 3.8) is 0 Å². The van der Waals surface area contributed by atoms with Crippen molar-refractivity contribution in [2.75, 3.05) is 0 Å². The number of thiophene rings is 2. The lowest BCUT2D eigenvalue weighted by atomic mass is 9.81. The second-order valence-corrected chi connectivity index (χ2v) is 18.4. The summed E-state index contributed by atoms with van der Waals surface area (Å²) in [5, 5.41) is 6.84. The van der Waals surface area contributed by atoms with E-state index in [0.717, 1.165) is 44.2 Å². The van der Waals surface area contributed by atoms with E-state index >= 15 is 0 Å². The van der Waals surface area contributed by atoms with Crippen molar-refractivity contribution in [1.82, 2.24) is 15.0 Å². The van der Waals surface area contributed by atoms with Crippen LogP contribution in [0.2, 0.25) is 0 Å². The molecule has 4 aromatic heterocycles. The molecule has 12 aromatic rings. The van der Waals surface area contributed by atoms with E-state index in [-0.39, 0.29) is 5.41 Å². The van der Waals surface area contributed by atoms with E-state index < -0.39 is 0 Å². The minimum atomic E-state index is -0.0878. The van der Waals surface area contributed by atoms with Crippen molar-refractivity contribution in [2.24, 2.45) is 0 Å². The van der Waals surface area contributed by atoms with Gasteiger partial charge in [0.1, 0.15) is 11.2 Å². The number of hydrogen-bond donors (Lipinski definition) is 0. The highest BCUT2D eigenvalue weighted by molar-refractivity contribution is 7.26. The Morgan fingerprint density at radius 3 is 1.83 bits per heavy atom. The first-order valence-corrected chi connectivity index (χ1v) is 21.9. The molecule has 4 heterocycles. The summed E-state index contributed by atoms with van der Waals surface area (Å²) in [6, 6.07) is 58.7.